The number of amides is 1. The first-order chi connectivity index (χ1) is 9.67. The van der Waals surface area contributed by atoms with Gasteiger partial charge < -0.3 is 10.0 Å². The maximum atomic E-state index is 12.0. The molecule has 2 aromatic heterocycles. The van der Waals surface area contributed by atoms with Crippen LogP contribution in [0, 0.1) is 0 Å². The number of aliphatic hydroxyl groups is 1. The normalized spacial score (nSPS) is 11.6. The van der Waals surface area contributed by atoms with E-state index in [-0.39, 0.29) is 12.5 Å². The number of rotatable bonds is 6. The average Bonchev–Trinajstić information content (AvgIpc) is 2.98. The average molecular weight is 314 g/mol. The minimum Gasteiger partial charge on any atom is -0.396 e. The molecule has 0 aromatic carbocycles. The van der Waals surface area contributed by atoms with Crippen LogP contribution in [0.15, 0.2) is 17.7 Å². The second-order valence-electron chi connectivity index (χ2n) is 4.17. The molecule has 2 aromatic rings. The lowest BCUT2D eigenvalue weighted by Gasteiger charge is -2.18. The van der Waals surface area contributed by atoms with Gasteiger partial charge in [0.2, 0.25) is 5.91 Å². The molecule has 0 bridgehead atoms. The highest BCUT2D eigenvalue weighted by Crippen LogP contribution is 2.22. The van der Waals surface area contributed by atoms with Gasteiger partial charge in [-0.3, -0.25) is 9.20 Å². The smallest absolute Gasteiger partial charge is 0.246 e. The van der Waals surface area contributed by atoms with Crippen LogP contribution in [0.2, 0.25) is 5.15 Å². The molecule has 0 fully saturated rings. The zero-order chi connectivity index (χ0) is 14.5. The first-order valence-corrected chi connectivity index (χ1v) is 7.62. The summed E-state index contributed by atoms with van der Waals surface area (Å²) in [7, 11) is 0. The number of fused-ring (bicyclic) bond motifs is 1. The SMILES string of the molecule is CCN(CCCO)C(=O)/C=C/c1c(Cl)nc2sccn12. The van der Waals surface area contributed by atoms with Gasteiger partial charge in [-0.1, -0.05) is 11.6 Å². The van der Waals surface area contributed by atoms with Gasteiger partial charge in [0.25, 0.3) is 0 Å². The summed E-state index contributed by atoms with van der Waals surface area (Å²) in [6.45, 7) is 3.14. The van der Waals surface area contributed by atoms with E-state index in [0.29, 0.717) is 30.4 Å². The summed E-state index contributed by atoms with van der Waals surface area (Å²) in [5, 5.41) is 11.1. The third kappa shape index (κ3) is 3.20. The Morgan fingerprint density at radius 3 is 3.15 bits per heavy atom. The molecule has 0 atom stereocenters. The molecule has 0 spiro atoms. The Bertz CT molecular complexity index is 620. The Kier molecular flexibility index (Phi) is 5.17. The van der Waals surface area contributed by atoms with E-state index in [1.165, 1.54) is 17.4 Å². The van der Waals surface area contributed by atoms with Gasteiger partial charge in [0.15, 0.2) is 10.1 Å². The third-order valence-electron chi connectivity index (χ3n) is 2.92. The van der Waals surface area contributed by atoms with E-state index in [0.717, 1.165) is 4.96 Å². The van der Waals surface area contributed by atoms with Crippen LogP contribution in [0.4, 0.5) is 0 Å². The number of hydrogen-bond donors (Lipinski definition) is 1. The summed E-state index contributed by atoms with van der Waals surface area (Å²) in [5.74, 6) is -0.0952. The van der Waals surface area contributed by atoms with E-state index in [2.05, 4.69) is 4.98 Å². The highest BCUT2D eigenvalue weighted by molar-refractivity contribution is 7.15. The quantitative estimate of drug-likeness (QED) is 0.832. The Balaban J connectivity index is 2.13. The van der Waals surface area contributed by atoms with Crippen LogP contribution in [-0.2, 0) is 4.79 Å². The number of hydrogen-bond acceptors (Lipinski definition) is 4. The molecule has 108 valence electrons. The second-order valence-corrected chi connectivity index (χ2v) is 5.40. The number of nitrogens with zero attached hydrogens (tertiary/aromatic N) is 3. The van der Waals surface area contributed by atoms with Gasteiger partial charge >= 0.3 is 0 Å². The lowest BCUT2D eigenvalue weighted by molar-refractivity contribution is -0.125. The van der Waals surface area contributed by atoms with Crippen LogP contribution in [0.3, 0.4) is 0 Å². The molecule has 2 heterocycles. The van der Waals surface area contributed by atoms with Gasteiger partial charge in [0.1, 0.15) is 0 Å². The minimum atomic E-state index is -0.0952. The number of imidazole rings is 1. The van der Waals surface area contributed by atoms with Gasteiger partial charge in [-0.05, 0) is 19.4 Å². The van der Waals surface area contributed by atoms with Gasteiger partial charge in [0.05, 0.1) is 5.69 Å². The van der Waals surface area contributed by atoms with Crippen LogP contribution in [0.25, 0.3) is 11.0 Å². The van der Waals surface area contributed by atoms with Crippen molar-refractivity contribution in [2.45, 2.75) is 13.3 Å². The molecule has 1 N–H and O–H groups in total. The molecular formula is C13H16ClN3O2S. The molecule has 0 aliphatic rings. The predicted octanol–water partition coefficient (Wildman–Crippen LogP) is 2.29. The third-order valence-corrected chi connectivity index (χ3v) is 3.95. The molecule has 0 saturated carbocycles. The molecule has 5 nitrogen and oxygen atoms in total. The van der Waals surface area contributed by atoms with E-state index in [9.17, 15) is 4.79 Å². The number of likely N-dealkylation sites (N-methyl/N-ethyl adjacent to an activating group) is 1. The molecule has 0 radical (unpaired) electrons. The summed E-state index contributed by atoms with van der Waals surface area (Å²) in [6, 6.07) is 0. The number of carbonyl (C=O) groups is 1. The van der Waals surface area contributed by atoms with Gasteiger partial charge in [-0.25, -0.2) is 4.98 Å². The summed E-state index contributed by atoms with van der Waals surface area (Å²) in [6.07, 6.45) is 5.62. The van der Waals surface area contributed by atoms with Crippen LogP contribution in [0.1, 0.15) is 19.0 Å². The van der Waals surface area contributed by atoms with Crippen molar-refractivity contribution in [1.29, 1.82) is 0 Å². The molecule has 0 aliphatic heterocycles. The number of thiazole rings is 1. The van der Waals surface area contributed by atoms with Crippen molar-refractivity contribution in [3.63, 3.8) is 0 Å². The maximum Gasteiger partial charge on any atom is 0.246 e. The van der Waals surface area contributed by atoms with Crippen LogP contribution in [0.5, 0.6) is 0 Å². The molecule has 7 heteroatoms. The van der Waals surface area contributed by atoms with Gasteiger partial charge in [-0.2, -0.15) is 0 Å². The van der Waals surface area contributed by atoms with Crippen molar-refractivity contribution < 1.29 is 9.90 Å². The fourth-order valence-corrected chi connectivity index (χ4v) is 2.87. The predicted molar refractivity (Wildman–Crippen MR) is 81.1 cm³/mol. The zero-order valence-corrected chi connectivity index (χ0v) is 12.7. The molecule has 0 aliphatic carbocycles. The molecule has 1 amide bonds. The summed E-state index contributed by atoms with van der Waals surface area (Å²) in [4.78, 5) is 18.7. The van der Waals surface area contributed by atoms with Crippen molar-refractivity contribution >= 4 is 39.9 Å². The molecule has 0 unspecified atom stereocenters. The number of carbonyl (C=O) groups excluding carboxylic acids is 1. The summed E-state index contributed by atoms with van der Waals surface area (Å²) >= 11 is 7.54. The molecular weight excluding hydrogens is 298 g/mol. The summed E-state index contributed by atoms with van der Waals surface area (Å²) in [5.41, 5.74) is 0.703. The van der Waals surface area contributed by atoms with E-state index >= 15 is 0 Å². The maximum absolute atomic E-state index is 12.0. The largest absolute Gasteiger partial charge is 0.396 e. The lowest BCUT2D eigenvalue weighted by atomic mass is 10.3. The van der Waals surface area contributed by atoms with Gasteiger partial charge in [-0.15, -0.1) is 11.3 Å². The van der Waals surface area contributed by atoms with E-state index in [1.807, 2.05) is 22.9 Å². The van der Waals surface area contributed by atoms with Crippen LogP contribution in [-0.4, -0.2) is 45.0 Å². The Labute approximate surface area is 126 Å². The highest BCUT2D eigenvalue weighted by Gasteiger charge is 2.11. The topological polar surface area (TPSA) is 57.8 Å². The Morgan fingerprint density at radius 1 is 1.65 bits per heavy atom. The monoisotopic (exact) mass is 313 g/mol. The minimum absolute atomic E-state index is 0.0808. The Morgan fingerprint density at radius 2 is 2.45 bits per heavy atom. The lowest BCUT2D eigenvalue weighted by Crippen LogP contribution is -2.30. The fourth-order valence-electron chi connectivity index (χ4n) is 1.87. The zero-order valence-electron chi connectivity index (χ0n) is 11.1. The van der Waals surface area contributed by atoms with E-state index in [4.69, 9.17) is 16.7 Å². The fraction of sp³-hybridized carbons (Fsp3) is 0.385. The van der Waals surface area contributed by atoms with Crippen LogP contribution >= 0.6 is 22.9 Å². The van der Waals surface area contributed by atoms with Gasteiger partial charge in [0, 0.05) is 37.3 Å². The first kappa shape index (κ1) is 15.0. The number of aliphatic hydroxyl groups excluding tert-OH is 1. The molecule has 20 heavy (non-hydrogen) atoms. The first-order valence-electron chi connectivity index (χ1n) is 6.36. The van der Waals surface area contributed by atoms with Crippen LogP contribution < -0.4 is 0 Å². The highest BCUT2D eigenvalue weighted by atomic mass is 35.5. The summed E-state index contributed by atoms with van der Waals surface area (Å²) < 4.78 is 1.85. The van der Waals surface area contributed by atoms with E-state index < -0.39 is 0 Å². The van der Waals surface area contributed by atoms with Crippen molar-refractivity contribution in [3.05, 3.63) is 28.5 Å². The number of halogens is 1. The number of aromatic nitrogens is 2. The molecule has 2 rings (SSSR count). The standard InChI is InChI=1S/C13H16ClN3O2S/c1-2-16(6-3-8-18)11(19)5-4-10-12(14)15-13-17(10)7-9-20-13/h4-5,7,9,18H,2-3,6,8H2,1H3/b5-4+. The van der Waals surface area contributed by atoms with Crippen molar-refractivity contribution in [2.24, 2.45) is 0 Å². The van der Waals surface area contributed by atoms with Crippen molar-refractivity contribution in [2.75, 3.05) is 19.7 Å². The second kappa shape index (κ2) is 6.88. The molecule has 0 saturated heterocycles. The Hall–Kier alpha value is -1.37. The van der Waals surface area contributed by atoms with E-state index in [1.54, 1.807) is 11.0 Å². The van der Waals surface area contributed by atoms with Crippen molar-refractivity contribution in [1.82, 2.24) is 14.3 Å². The van der Waals surface area contributed by atoms with Crippen molar-refractivity contribution in [3.8, 4) is 0 Å².